The number of fused-ring (bicyclic) bond motifs is 1. The maximum atomic E-state index is 14.1. The lowest BCUT2D eigenvalue weighted by Gasteiger charge is -2.33. The van der Waals surface area contributed by atoms with Crippen LogP contribution in [0.4, 0.5) is 0 Å². The fraction of sp³-hybridized carbons (Fsp3) is 0.323. The van der Waals surface area contributed by atoms with Gasteiger partial charge in [-0.15, -0.1) is 0 Å². The van der Waals surface area contributed by atoms with Crippen molar-refractivity contribution in [3.8, 4) is 5.75 Å². The number of methoxy groups -OCH3 is 1. The van der Waals surface area contributed by atoms with Crippen molar-refractivity contribution in [2.45, 2.75) is 57.2 Å². The number of carbonyl (C=O) groups is 2. The summed E-state index contributed by atoms with van der Waals surface area (Å²) in [5.41, 5.74) is 3.50. The van der Waals surface area contributed by atoms with E-state index in [0.29, 0.717) is 5.56 Å². The second-order valence-corrected chi connectivity index (χ2v) is 9.94. The Morgan fingerprint density at radius 3 is 2.58 bits per heavy atom. The van der Waals surface area contributed by atoms with Gasteiger partial charge in [0.15, 0.2) is 0 Å². The molecule has 7 heteroatoms. The second-order valence-electron chi connectivity index (χ2n) is 9.94. The molecular formula is C31H34N4O3. The summed E-state index contributed by atoms with van der Waals surface area (Å²) in [4.78, 5) is 37.2. The van der Waals surface area contributed by atoms with E-state index < -0.39 is 6.04 Å². The fourth-order valence-electron chi connectivity index (χ4n) is 5.33. The van der Waals surface area contributed by atoms with Gasteiger partial charge in [-0.05, 0) is 48.2 Å². The van der Waals surface area contributed by atoms with E-state index in [1.807, 2.05) is 66.9 Å². The van der Waals surface area contributed by atoms with Gasteiger partial charge in [0, 0.05) is 47.6 Å². The molecule has 2 N–H and O–H groups in total. The Hall–Kier alpha value is -4.13. The summed E-state index contributed by atoms with van der Waals surface area (Å²) < 4.78 is 5.32. The Balaban J connectivity index is 1.50. The average Bonchev–Trinajstić information content (AvgIpc) is 3.37. The van der Waals surface area contributed by atoms with Crippen LogP contribution in [0, 0.1) is 0 Å². The average molecular weight is 511 g/mol. The van der Waals surface area contributed by atoms with Crippen molar-refractivity contribution >= 4 is 22.7 Å². The number of carbonyl (C=O) groups excluding carboxylic acids is 2. The van der Waals surface area contributed by atoms with E-state index in [4.69, 9.17) is 4.74 Å². The minimum absolute atomic E-state index is 0.127. The lowest BCUT2D eigenvalue weighted by atomic mass is 9.94. The molecule has 0 spiro atoms. The van der Waals surface area contributed by atoms with Crippen LogP contribution in [-0.4, -0.2) is 39.8 Å². The first-order valence-corrected chi connectivity index (χ1v) is 13.3. The van der Waals surface area contributed by atoms with Gasteiger partial charge in [-0.25, -0.2) is 0 Å². The lowest BCUT2D eigenvalue weighted by molar-refractivity contribution is -0.141. The molecule has 0 unspecified atom stereocenters. The third-order valence-electron chi connectivity index (χ3n) is 7.36. The maximum Gasteiger partial charge on any atom is 0.247 e. The number of pyridine rings is 1. The van der Waals surface area contributed by atoms with Crippen LogP contribution in [0.15, 0.2) is 79.3 Å². The molecule has 1 aliphatic carbocycles. The number of ether oxygens (including phenoxy) is 1. The molecule has 0 bridgehead atoms. The molecule has 1 saturated carbocycles. The Labute approximate surface area is 223 Å². The van der Waals surface area contributed by atoms with E-state index in [1.165, 1.54) is 6.42 Å². The Bertz CT molecular complexity index is 1360. The summed E-state index contributed by atoms with van der Waals surface area (Å²) in [5.74, 6) is 0.452. The highest BCUT2D eigenvalue weighted by molar-refractivity contribution is 5.92. The summed E-state index contributed by atoms with van der Waals surface area (Å²) in [5, 5.41) is 4.27. The lowest BCUT2D eigenvalue weighted by Crippen LogP contribution is -2.47. The van der Waals surface area contributed by atoms with Crippen molar-refractivity contribution in [1.82, 2.24) is 20.2 Å². The van der Waals surface area contributed by atoms with E-state index in [9.17, 15) is 9.59 Å². The number of rotatable bonds is 9. The largest absolute Gasteiger partial charge is 0.497 e. The van der Waals surface area contributed by atoms with Gasteiger partial charge in [0.2, 0.25) is 11.8 Å². The second kappa shape index (κ2) is 11.9. The summed E-state index contributed by atoms with van der Waals surface area (Å²) in [6, 6.07) is 18.6. The van der Waals surface area contributed by atoms with Crippen LogP contribution >= 0.6 is 0 Å². The first-order chi connectivity index (χ1) is 18.6. The molecule has 1 atom stereocenters. The molecule has 2 aromatic carbocycles. The molecule has 196 valence electrons. The predicted molar refractivity (Wildman–Crippen MR) is 148 cm³/mol. The van der Waals surface area contributed by atoms with Crippen molar-refractivity contribution in [2.75, 3.05) is 7.11 Å². The first-order valence-electron chi connectivity index (χ1n) is 13.3. The van der Waals surface area contributed by atoms with Gasteiger partial charge in [-0.2, -0.15) is 0 Å². The van der Waals surface area contributed by atoms with Crippen LogP contribution in [0.5, 0.6) is 5.75 Å². The Kier molecular flexibility index (Phi) is 8.02. The highest BCUT2D eigenvalue weighted by Gasteiger charge is 2.33. The Morgan fingerprint density at radius 2 is 1.84 bits per heavy atom. The monoisotopic (exact) mass is 510 g/mol. The summed E-state index contributed by atoms with van der Waals surface area (Å²) in [6.45, 7) is 0.281. The molecule has 2 amide bonds. The van der Waals surface area contributed by atoms with Gasteiger partial charge >= 0.3 is 0 Å². The van der Waals surface area contributed by atoms with Gasteiger partial charge in [0.1, 0.15) is 11.8 Å². The van der Waals surface area contributed by atoms with Crippen LogP contribution < -0.4 is 10.1 Å². The van der Waals surface area contributed by atoms with Crippen LogP contribution in [0.2, 0.25) is 0 Å². The number of hydrogen-bond acceptors (Lipinski definition) is 4. The third kappa shape index (κ3) is 5.88. The zero-order valence-electron chi connectivity index (χ0n) is 21.7. The standard InChI is InChI=1S/C31H34N4O3/c1-38-26-15-13-22(14-16-26)21-35(29(36)18-24-20-33-28-12-6-5-11-27(24)28)30(23-8-7-17-32-19-23)31(37)34-25-9-3-2-4-10-25/h5-8,11-17,19-20,25,30,33H,2-4,9-10,18,21H2,1H3,(H,34,37)/t30-/m1/s1. The number of benzene rings is 2. The topological polar surface area (TPSA) is 87.3 Å². The molecule has 38 heavy (non-hydrogen) atoms. The van der Waals surface area contributed by atoms with Gasteiger partial charge in [0.25, 0.3) is 0 Å². The van der Waals surface area contributed by atoms with Crippen molar-refractivity contribution in [3.63, 3.8) is 0 Å². The van der Waals surface area contributed by atoms with Gasteiger partial charge in [-0.1, -0.05) is 55.7 Å². The number of aromatic nitrogens is 2. The third-order valence-corrected chi connectivity index (χ3v) is 7.36. The number of hydrogen-bond donors (Lipinski definition) is 2. The van der Waals surface area contributed by atoms with E-state index in [2.05, 4.69) is 15.3 Å². The quantitative estimate of drug-likeness (QED) is 0.319. The van der Waals surface area contributed by atoms with Crippen LogP contribution in [0.25, 0.3) is 10.9 Å². The first kappa shape index (κ1) is 25.5. The van der Waals surface area contributed by atoms with Crippen LogP contribution in [0.3, 0.4) is 0 Å². The van der Waals surface area contributed by atoms with E-state index in [-0.39, 0.29) is 30.8 Å². The number of aromatic amines is 1. The number of para-hydroxylation sites is 1. The molecule has 0 saturated heterocycles. The molecule has 5 rings (SSSR count). The minimum Gasteiger partial charge on any atom is -0.497 e. The minimum atomic E-state index is -0.801. The van der Waals surface area contributed by atoms with Crippen LogP contribution in [0.1, 0.15) is 54.8 Å². The number of amides is 2. The zero-order chi connectivity index (χ0) is 26.3. The smallest absolute Gasteiger partial charge is 0.247 e. The molecule has 1 aliphatic rings. The highest BCUT2D eigenvalue weighted by Crippen LogP contribution is 2.28. The van der Waals surface area contributed by atoms with Crippen LogP contribution in [-0.2, 0) is 22.6 Å². The molecule has 7 nitrogen and oxygen atoms in total. The van der Waals surface area contributed by atoms with Crippen molar-refractivity contribution in [3.05, 3.63) is 95.9 Å². The summed E-state index contributed by atoms with van der Waals surface area (Å²) in [6.07, 6.45) is 10.8. The highest BCUT2D eigenvalue weighted by atomic mass is 16.5. The number of nitrogens with zero attached hydrogens (tertiary/aromatic N) is 2. The molecule has 0 radical (unpaired) electrons. The number of nitrogens with one attached hydrogen (secondary N) is 2. The molecule has 4 aromatic rings. The Morgan fingerprint density at radius 1 is 1.05 bits per heavy atom. The van der Waals surface area contributed by atoms with Gasteiger partial charge < -0.3 is 19.9 Å². The van der Waals surface area contributed by atoms with E-state index in [0.717, 1.165) is 53.5 Å². The molecule has 1 fully saturated rings. The molecule has 2 heterocycles. The maximum absolute atomic E-state index is 14.1. The number of H-pyrrole nitrogens is 1. The van der Waals surface area contributed by atoms with Gasteiger partial charge in [0.05, 0.1) is 13.5 Å². The van der Waals surface area contributed by atoms with Crippen molar-refractivity contribution < 1.29 is 14.3 Å². The normalized spacial score (nSPS) is 14.7. The molecule has 0 aliphatic heterocycles. The predicted octanol–water partition coefficient (Wildman–Crippen LogP) is 5.33. The van der Waals surface area contributed by atoms with Crippen molar-refractivity contribution in [2.24, 2.45) is 0 Å². The van der Waals surface area contributed by atoms with Crippen molar-refractivity contribution in [1.29, 1.82) is 0 Å². The SMILES string of the molecule is COc1ccc(CN(C(=O)Cc2c[nH]c3ccccc23)[C@@H](C(=O)NC2CCCCC2)c2cccnc2)cc1. The summed E-state index contributed by atoms with van der Waals surface area (Å²) in [7, 11) is 1.63. The van der Waals surface area contributed by atoms with Gasteiger partial charge in [-0.3, -0.25) is 14.6 Å². The molecular weight excluding hydrogens is 476 g/mol. The fourth-order valence-corrected chi connectivity index (χ4v) is 5.33. The van der Waals surface area contributed by atoms with E-state index in [1.54, 1.807) is 24.4 Å². The van der Waals surface area contributed by atoms with E-state index >= 15 is 0 Å². The zero-order valence-corrected chi connectivity index (χ0v) is 21.7. The summed E-state index contributed by atoms with van der Waals surface area (Å²) >= 11 is 0. The molecule has 2 aromatic heterocycles.